The van der Waals surface area contributed by atoms with Gasteiger partial charge in [-0.2, -0.15) is 11.8 Å². The van der Waals surface area contributed by atoms with Crippen LogP contribution < -0.4 is 11.1 Å². The van der Waals surface area contributed by atoms with Crippen molar-refractivity contribution in [3.05, 3.63) is 28.5 Å². The van der Waals surface area contributed by atoms with Gasteiger partial charge in [0.2, 0.25) is 0 Å². The molecular weight excluding hydrogens is 315 g/mol. The van der Waals surface area contributed by atoms with E-state index in [4.69, 9.17) is 22.1 Å². The Labute approximate surface area is 132 Å². The number of nitrogen functional groups attached to an aromatic ring is 1. The minimum absolute atomic E-state index is 0.0419. The van der Waals surface area contributed by atoms with Crippen molar-refractivity contribution < 1.29 is 13.9 Å². The summed E-state index contributed by atoms with van der Waals surface area (Å²) in [6.45, 7) is 1.86. The number of thioether (sulfide) groups is 1. The van der Waals surface area contributed by atoms with Gasteiger partial charge in [-0.1, -0.05) is 11.6 Å². The normalized spacial score (nSPS) is 17.5. The molecule has 2 rings (SSSR count). The molecule has 1 heterocycles. The summed E-state index contributed by atoms with van der Waals surface area (Å²) in [5.74, 6) is -1.09. The van der Waals surface area contributed by atoms with Crippen LogP contribution in [0.4, 0.5) is 10.1 Å². The number of carbonyl (C=O) groups is 1. The van der Waals surface area contributed by atoms with Crippen LogP contribution in [0.1, 0.15) is 23.2 Å². The van der Waals surface area contributed by atoms with Gasteiger partial charge < -0.3 is 15.8 Å². The van der Waals surface area contributed by atoms with E-state index in [1.165, 1.54) is 6.07 Å². The van der Waals surface area contributed by atoms with Crippen molar-refractivity contribution in [1.29, 1.82) is 0 Å². The Morgan fingerprint density at radius 2 is 2.19 bits per heavy atom. The molecule has 0 radical (unpaired) electrons. The van der Waals surface area contributed by atoms with Crippen LogP contribution in [-0.4, -0.2) is 36.7 Å². The monoisotopic (exact) mass is 332 g/mol. The quantitative estimate of drug-likeness (QED) is 0.832. The Morgan fingerprint density at radius 1 is 1.52 bits per heavy atom. The van der Waals surface area contributed by atoms with Gasteiger partial charge in [0.1, 0.15) is 5.82 Å². The summed E-state index contributed by atoms with van der Waals surface area (Å²) >= 11 is 7.49. The fourth-order valence-corrected chi connectivity index (χ4v) is 3.30. The van der Waals surface area contributed by atoms with Crippen molar-refractivity contribution in [2.24, 2.45) is 0 Å². The molecule has 0 saturated carbocycles. The van der Waals surface area contributed by atoms with E-state index in [1.807, 2.05) is 6.26 Å². The molecule has 1 aromatic carbocycles. The Morgan fingerprint density at radius 3 is 2.81 bits per heavy atom. The van der Waals surface area contributed by atoms with Gasteiger partial charge >= 0.3 is 0 Å². The molecule has 0 aromatic heterocycles. The highest BCUT2D eigenvalue weighted by molar-refractivity contribution is 8.00. The Hall–Kier alpha value is -0.980. The van der Waals surface area contributed by atoms with Crippen LogP contribution in [0, 0.1) is 5.82 Å². The van der Waals surface area contributed by atoms with Gasteiger partial charge in [-0.25, -0.2) is 4.39 Å². The van der Waals surface area contributed by atoms with Crippen LogP contribution in [0.15, 0.2) is 12.1 Å². The molecule has 1 amide bonds. The highest BCUT2D eigenvalue weighted by atomic mass is 35.5. The molecule has 1 aliphatic rings. The van der Waals surface area contributed by atoms with Crippen LogP contribution in [-0.2, 0) is 4.74 Å². The minimum atomic E-state index is -0.682. The summed E-state index contributed by atoms with van der Waals surface area (Å²) in [5, 5.41) is 2.99. The molecule has 4 nitrogen and oxygen atoms in total. The van der Waals surface area contributed by atoms with Crippen molar-refractivity contribution in [3.63, 3.8) is 0 Å². The number of halogens is 2. The van der Waals surface area contributed by atoms with Gasteiger partial charge in [0, 0.05) is 29.5 Å². The van der Waals surface area contributed by atoms with Crippen molar-refractivity contribution in [2.45, 2.75) is 17.6 Å². The molecule has 21 heavy (non-hydrogen) atoms. The number of nitrogens with one attached hydrogen (secondary N) is 1. The standard InChI is InChI=1S/C14H18ClFN2O2S/c1-21-14(2-4-20-5-3-14)8-18-13(19)10-6-9(15)7-11(16)12(10)17/h6-7H,2-5,8,17H2,1H3,(H,18,19). The lowest BCUT2D eigenvalue weighted by Crippen LogP contribution is -2.44. The molecule has 1 aromatic rings. The second-order valence-electron chi connectivity index (χ2n) is 5.03. The van der Waals surface area contributed by atoms with Gasteiger partial charge in [-0.3, -0.25) is 4.79 Å². The van der Waals surface area contributed by atoms with Crippen molar-refractivity contribution in [3.8, 4) is 0 Å². The molecule has 7 heteroatoms. The van der Waals surface area contributed by atoms with Gasteiger partial charge in [0.25, 0.3) is 5.91 Å². The second-order valence-corrected chi connectivity index (χ2v) is 6.74. The first-order valence-corrected chi connectivity index (χ1v) is 8.23. The molecule has 3 N–H and O–H groups in total. The first kappa shape index (κ1) is 16.4. The maximum absolute atomic E-state index is 13.5. The molecule has 1 fully saturated rings. The fraction of sp³-hybridized carbons (Fsp3) is 0.500. The first-order valence-electron chi connectivity index (χ1n) is 6.63. The van der Waals surface area contributed by atoms with E-state index >= 15 is 0 Å². The molecule has 0 spiro atoms. The predicted octanol–water partition coefficient (Wildman–Crippen LogP) is 2.70. The number of hydrogen-bond acceptors (Lipinski definition) is 4. The van der Waals surface area contributed by atoms with Crippen molar-refractivity contribution in [1.82, 2.24) is 5.32 Å². The van der Waals surface area contributed by atoms with Crippen LogP contribution >= 0.6 is 23.4 Å². The summed E-state index contributed by atoms with van der Waals surface area (Å²) in [7, 11) is 0. The third-order valence-electron chi connectivity index (χ3n) is 3.75. The average molecular weight is 333 g/mol. The number of amides is 1. The third kappa shape index (κ3) is 3.81. The number of hydrogen-bond donors (Lipinski definition) is 2. The minimum Gasteiger partial charge on any atom is -0.396 e. The van der Waals surface area contributed by atoms with Crippen LogP contribution in [0.5, 0.6) is 0 Å². The summed E-state index contributed by atoms with van der Waals surface area (Å²) in [5.41, 5.74) is 5.50. The van der Waals surface area contributed by atoms with Crippen LogP contribution in [0.3, 0.4) is 0 Å². The summed E-state index contributed by atoms with van der Waals surface area (Å²) < 4.78 is 18.8. The Bertz CT molecular complexity index is 536. The average Bonchev–Trinajstić information content (AvgIpc) is 2.49. The second kappa shape index (κ2) is 6.85. The zero-order valence-electron chi connectivity index (χ0n) is 11.7. The largest absolute Gasteiger partial charge is 0.396 e. The van der Waals surface area contributed by atoms with E-state index in [9.17, 15) is 9.18 Å². The van der Waals surface area contributed by atoms with E-state index in [2.05, 4.69) is 5.32 Å². The lowest BCUT2D eigenvalue weighted by atomic mass is 9.98. The van der Waals surface area contributed by atoms with Crippen LogP contribution in [0.25, 0.3) is 0 Å². The molecule has 116 valence electrons. The Balaban J connectivity index is 2.08. The smallest absolute Gasteiger partial charge is 0.253 e. The van der Waals surface area contributed by atoms with Gasteiger partial charge in [0.15, 0.2) is 0 Å². The van der Waals surface area contributed by atoms with Crippen molar-refractivity contribution >= 4 is 35.0 Å². The van der Waals surface area contributed by atoms with Gasteiger partial charge in [-0.15, -0.1) is 0 Å². The van der Waals surface area contributed by atoms with E-state index in [0.717, 1.165) is 18.9 Å². The molecular formula is C14H18ClFN2O2S. The molecule has 1 aliphatic heterocycles. The van der Waals surface area contributed by atoms with E-state index in [0.29, 0.717) is 19.8 Å². The van der Waals surface area contributed by atoms with Crippen LogP contribution in [0.2, 0.25) is 5.02 Å². The predicted molar refractivity (Wildman–Crippen MR) is 84.5 cm³/mol. The number of ether oxygens (including phenoxy) is 1. The molecule has 1 saturated heterocycles. The lowest BCUT2D eigenvalue weighted by Gasteiger charge is -2.35. The highest BCUT2D eigenvalue weighted by Gasteiger charge is 2.32. The van der Waals surface area contributed by atoms with E-state index in [-0.39, 0.29) is 21.0 Å². The number of anilines is 1. The van der Waals surface area contributed by atoms with E-state index in [1.54, 1.807) is 11.8 Å². The maximum atomic E-state index is 13.5. The number of carbonyl (C=O) groups excluding carboxylic acids is 1. The number of benzene rings is 1. The molecule has 0 atom stereocenters. The lowest BCUT2D eigenvalue weighted by molar-refractivity contribution is 0.0742. The van der Waals surface area contributed by atoms with E-state index < -0.39 is 11.7 Å². The summed E-state index contributed by atoms with van der Waals surface area (Å²) in [6, 6.07) is 2.47. The summed E-state index contributed by atoms with van der Waals surface area (Å²) in [4.78, 5) is 12.2. The van der Waals surface area contributed by atoms with Gasteiger partial charge in [0.05, 0.1) is 11.3 Å². The molecule has 0 aliphatic carbocycles. The number of rotatable bonds is 4. The Kier molecular flexibility index (Phi) is 5.35. The fourth-order valence-electron chi connectivity index (χ4n) is 2.31. The number of nitrogens with two attached hydrogens (primary N) is 1. The van der Waals surface area contributed by atoms with Gasteiger partial charge in [-0.05, 0) is 31.2 Å². The molecule has 0 unspecified atom stereocenters. The summed E-state index contributed by atoms with van der Waals surface area (Å²) in [6.07, 6.45) is 3.76. The zero-order chi connectivity index (χ0) is 15.5. The molecule has 0 bridgehead atoms. The first-order chi connectivity index (χ1) is 9.97. The van der Waals surface area contributed by atoms with Crippen molar-refractivity contribution in [2.75, 3.05) is 31.7 Å². The SMILES string of the molecule is CSC1(CNC(=O)c2cc(Cl)cc(F)c2N)CCOCC1. The maximum Gasteiger partial charge on any atom is 0.253 e. The third-order valence-corrected chi connectivity index (χ3v) is 5.38. The topological polar surface area (TPSA) is 64.4 Å². The zero-order valence-corrected chi connectivity index (χ0v) is 13.3. The highest BCUT2D eigenvalue weighted by Crippen LogP contribution is 2.33.